The summed E-state index contributed by atoms with van der Waals surface area (Å²) in [5.41, 5.74) is -0.174. The Hall–Kier alpha value is -0.290. The first-order chi connectivity index (χ1) is 6.82. The molecule has 0 amide bonds. The minimum atomic E-state index is -4.12. The molecule has 15 heavy (non-hydrogen) atoms. The molecule has 2 rings (SSSR count). The summed E-state index contributed by atoms with van der Waals surface area (Å²) < 4.78 is 41.7. The number of nitrogens with one attached hydrogen (secondary N) is 1. The van der Waals surface area contributed by atoms with E-state index < -0.39 is 12.7 Å². The van der Waals surface area contributed by atoms with Gasteiger partial charge in [0.1, 0.15) is 0 Å². The minimum absolute atomic E-state index is 0.0633. The van der Waals surface area contributed by atoms with E-state index in [1.165, 1.54) is 0 Å². The van der Waals surface area contributed by atoms with Crippen molar-refractivity contribution in [2.24, 2.45) is 11.3 Å². The molecule has 2 fully saturated rings. The van der Waals surface area contributed by atoms with Crippen molar-refractivity contribution < 1.29 is 17.9 Å². The van der Waals surface area contributed by atoms with Crippen molar-refractivity contribution in [3.63, 3.8) is 0 Å². The molecule has 1 aliphatic heterocycles. The Kier molecular flexibility index (Phi) is 2.50. The molecule has 0 bridgehead atoms. The summed E-state index contributed by atoms with van der Waals surface area (Å²) in [5.74, 6) is 0.266. The Morgan fingerprint density at radius 1 is 1.40 bits per heavy atom. The molecule has 1 saturated carbocycles. The Balaban J connectivity index is 1.93. The number of fused-ring (bicyclic) bond motifs is 1. The fraction of sp³-hybridized carbons (Fsp3) is 1.00. The molecule has 0 aromatic heterocycles. The van der Waals surface area contributed by atoms with Crippen LogP contribution in [0.3, 0.4) is 0 Å². The summed E-state index contributed by atoms with van der Waals surface area (Å²) >= 11 is 0. The fourth-order valence-corrected chi connectivity index (χ4v) is 2.96. The summed E-state index contributed by atoms with van der Waals surface area (Å²) in [6.07, 6.45) is -3.10. The average molecular weight is 223 g/mol. The Bertz CT molecular complexity index is 252. The maximum Gasteiger partial charge on any atom is 0.401 e. The van der Waals surface area contributed by atoms with Gasteiger partial charge >= 0.3 is 6.18 Å². The van der Waals surface area contributed by atoms with E-state index in [2.05, 4.69) is 5.32 Å². The fourth-order valence-electron chi connectivity index (χ4n) is 2.96. The lowest BCUT2D eigenvalue weighted by Gasteiger charge is -2.55. The van der Waals surface area contributed by atoms with Crippen molar-refractivity contribution in [3.8, 4) is 0 Å². The van der Waals surface area contributed by atoms with Gasteiger partial charge in [-0.3, -0.25) is 0 Å². The molecule has 1 N–H and O–H groups in total. The van der Waals surface area contributed by atoms with Crippen LogP contribution in [0, 0.1) is 11.3 Å². The van der Waals surface area contributed by atoms with E-state index in [4.69, 9.17) is 4.74 Å². The summed E-state index contributed by atoms with van der Waals surface area (Å²) in [5, 5.41) is 2.62. The van der Waals surface area contributed by atoms with Gasteiger partial charge in [0.2, 0.25) is 0 Å². The van der Waals surface area contributed by atoms with Gasteiger partial charge in [-0.2, -0.15) is 13.2 Å². The van der Waals surface area contributed by atoms with Crippen LogP contribution in [0.15, 0.2) is 0 Å². The van der Waals surface area contributed by atoms with Crippen LogP contribution in [0.5, 0.6) is 0 Å². The third kappa shape index (κ3) is 1.87. The summed E-state index contributed by atoms with van der Waals surface area (Å²) in [4.78, 5) is 0. The largest absolute Gasteiger partial charge is 0.401 e. The van der Waals surface area contributed by atoms with Crippen LogP contribution < -0.4 is 5.32 Å². The molecule has 3 atom stereocenters. The molecule has 0 aromatic carbocycles. The first-order valence-corrected chi connectivity index (χ1v) is 5.24. The van der Waals surface area contributed by atoms with Crippen molar-refractivity contribution in [2.45, 2.75) is 38.6 Å². The molecular weight excluding hydrogens is 207 g/mol. The topological polar surface area (TPSA) is 21.3 Å². The maximum absolute atomic E-state index is 12.1. The van der Waals surface area contributed by atoms with Crippen LogP contribution in [-0.2, 0) is 4.74 Å². The van der Waals surface area contributed by atoms with E-state index >= 15 is 0 Å². The van der Waals surface area contributed by atoms with Gasteiger partial charge in [-0.15, -0.1) is 0 Å². The highest BCUT2D eigenvalue weighted by molar-refractivity contribution is 5.11. The molecule has 0 radical (unpaired) electrons. The van der Waals surface area contributed by atoms with E-state index in [0.717, 1.165) is 6.42 Å². The van der Waals surface area contributed by atoms with Crippen LogP contribution >= 0.6 is 0 Å². The summed E-state index contributed by atoms with van der Waals surface area (Å²) in [6.45, 7) is 3.72. The van der Waals surface area contributed by atoms with Crippen molar-refractivity contribution in [2.75, 3.05) is 13.2 Å². The number of halogens is 3. The molecule has 0 spiro atoms. The van der Waals surface area contributed by atoms with Gasteiger partial charge in [-0.1, -0.05) is 13.8 Å². The van der Waals surface area contributed by atoms with Crippen LogP contribution in [0.2, 0.25) is 0 Å². The number of ether oxygens (including phenoxy) is 1. The van der Waals surface area contributed by atoms with Crippen LogP contribution in [0.1, 0.15) is 20.3 Å². The molecule has 2 nitrogen and oxygen atoms in total. The van der Waals surface area contributed by atoms with E-state index in [-0.39, 0.29) is 23.5 Å². The quantitative estimate of drug-likeness (QED) is 0.772. The van der Waals surface area contributed by atoms with E-state index in [0.29, 0.717) is 6.61 Å². The highest BCUT2D eigenvalue weighted by atomic mass is 19.4. The first kappa shape index (κ1) is 11.2. The van der Waals surface area contributed by atoms with Gasteiger partial charge in [0.25, 0.3) is 0 Å². The third-order valence-electron chi connectivity index (χ3n) is 3.62. The predicted molar refractivity (Wildman–Crippen MR) is 49.5 cm³/mol. The van der Waals surface area contributed by atoms with Gasteiger partial charge in [0.15, 0.2) is 0 Å². The zero-order chi connectivity index (χ0) is 11.3. The second-order valence-corrected chi connectivity index (χ2v) is 5.04. The molecule has 3 unspecified atom stereocenters. The number of alkyl halides is 3. The van der Waals surface area contributed by atoms with Gasteiger partial charge in [-0.05, 0) is 6.42 Å². The second kappa shape index (κ2) is 3.35. The second-order valence-electron chi connectivity index (χ2n) is 5.04. The van der Waals surface area contributed by atoms with Crippen molar-refractivity contribution in [1.29, 1.82) is 0 Å². The Labute approximate surface area is 87.2 Å². The predicted octanol–water partition coefficient (Wildman–Crippen LogP) is 1.95. The summed E-state index contributed by atoms with van der Waals surface area (Å²) in [7, 11) is 0. The van der Waals surface area contributed by atoms with Crippen LogP contribution in [0.25, 0.3) is 0 Å². The third-order valence-corrected chi connectivity index (χ3v) is 3.62. The van der Waals surface area contributed by atoms with Crippen LogP contribution in [-0.4, -0.2) is 31.5 Å². The summed E-state index contributed by atoms with van der Waals surface area (Å²) in [6, 6.07) is -0.0633. The molecule has 1 saturated heterocycles. The lowest BCUT2D eigenvalue weighted by Crippen LogP contribution is -2.66. The monoisotopic (exact) mass is 223 g/mol. The SMILES string of the molecule is CC1(C)C(NCC(F)(F)F)C2CCOC21. The lowest BCUT2D eigenvalue weighted by atomic mass is 9.57. The highest BCUT2D eigenvalue weighted by Crippen LogP contribution is 2.52. The van der Waals surface area contributed by atoms with Crippen molar-refractivity contribution >= 4 is 0 Å². The smallest absolute Gasteiger partial charge is 0.377 e. The average Bonchev–Trinajstić information content (AvgIpc) is 2.47. The van der Waals surface area contributed by atoms with Gasteiger partial charge < -0.3 is 10.1 Å². The van der Waals surface area contributed by atoms with Gasteiger partial charge in [0.05, 0.1) is 12.6 Å². The van der Waals surface area contributed by atoms with E-state index in [1.54, 1.807) is 0 Å². The molecule has 1 heterocycles. The molecule has 2 aliphatic rings. The molecular formula is C10H16F3NO. The molecule has 5 heteroatoms. The molecule has 0 aromatic rings. The first-order valence-electron chi connectivity index (χ1n) is 5.24. The van der Waals surface area contributed by atoms with Gasteiger partial charge in [0, 0.05) is 24.0 Å². The minimum Gasteiger partial charge on any atom is -0.377 e. The zero-order valence-electron chi connectivity index (χ0n) is 8.90. The zero-order valence-corrected chi connectivity index (χ0v) is 8.90. The molecule has 88 valence electrons. The normalized spacial score (nSPS) is 38.6. The standard InChI is InChI=1S/C10H16F3NO/c1-9(2)7(14-5-10(11,12)13)6-3-4-15-8(6)9/h6-8,14H,3-5H2,1-2H3. The Morgan fingerprint density at radius 3 is 2.67 bits per heavy atom. The van der Waals surface area contributed by atoms with Crippen molar-refractivity contribution in [3.05, 3.63) is 0 Å². The number of rotatable bonds is 2. The van der Waals surface area contributed by atoms with E-state index in [1.807, 2.05) is 13.8 Å². The van der Waals surface area contributed by atoms with E-state index in [9.17, 15) is 13.2 Å². The number of hydrogen-bond acceptors (Lipinski definition) is 2. The molecule has 1 aliphatic carbocycles. The highest BCUT2D eigenvalue weighted by Gasteiger charge is 2.59. The lowest BCUT2D eigenvalue weighted by molar-refractivity contribution is -0.150. The van der Waals surface area contributed by atoms with Crippen molar-refractivity contribution in [1.82, 2.24) is 5.32 Å². The van der Waals surface area contributed by atoms with Crippen LogP contribution in [0.4, 0.5) is 13.2 Å². The van der Waals surface area contributed by atoms with Gasteiger partial charge in [-0.25, -0.2) is 0 Å². The Morgan fingerprint density at radius 2 is 2.07 bits per heavy atom. The maximum atomic E-state index is 12.1. The number of hydrogen-bond donors (Lipinski definition) is 1.